The Bertz CT molecular complexity index is 315. The minimum absolute atomic E-state index is 0.194. The third-order valence-corrected chi connectivity index (χ3v) is 1.68. The quantitative estimate of drug-likeness (QED) is 0.376. The largest absolute Gasteiger partial charge is 0.478 e. The number of carboxylic acids is 2. The van der Waals surface area contributed by atoms with Gasteiger partial charge in [0, 0.05) is 18.6 Å². The van der Waals surface area contributed by atoms with Crippen molar-refractivity contribution in [1.82, 2.24) is 0 Å². The molecule has 0 aliphatic heterocycles. The predicted octanol–water partition coefficient (Wildman–Crippen LogP) is -0.0249. The van der Waals surface area contributed by atoms with Crippen LogP contribution in [0.25, 0.3) is 0 Å². The highest BCUT2D eigenvalue weighted by Crippen LogP contribution is 2.16. The molecule has 0 radical (unpaired) electrons. The van der Waals surface area contributed by atoms with Crippen LogP contribution in [0.2, 0.25) is 0 Å². The third kappa shape index (κ3) is 7.72. The molecule has 0 fully saturated rings. The van der Waals surface area contributed by atoms with Gasteiger partial charge in [0.2, 0.25) is 0 Å². The molecule has 4 N–H and O–H groups in total. The standard InChI is InChI=1S/C10H14O6/c1-7(2-3-8(11)12)6-10(15,16)5-4-9(13)14/h2-5,7,15-16H,6H2,1H3,(H,11,12)(H,13,14). The van der Waals surface area contributed by atoms with Crippen molar-refractivity contribution < 1.29 is 30.0 Å². The van der Waals surface area contributed by atoms with E-state index in [2.05, 4.69) is 0 Å². The lowest BCUT2D eigenvalue weighted by Crippen LogP contribution is -2.27. The Kier molecular flexibility index (Phi) is 5.41. The molecule has 6 nitrogen and oxygen atoms in total. The molecule has 0 aliphatic rings. The smallest absolute Gasteiger partial charge is 0.328 e. The van der Waals surface area contributed by atoms with Crippen molar-refractivity contribution in [3.05, 3.63) is 24.3 Å². The molecular weight excluding hydrogens is 216 g/mol. The first kappa shape index (κ1) is 14.3. The van der Waals surface area contributed by atoms with E-state index in [4.69, 9.17) is 10.2 Å². The van der Waals surface area contributed by atoms with E-state index in [1.807, 2.05) is 0 Å². The van der Waals surface area contributed by atoms with Gasteiger partial charge >= 0.3 is 11.9 Å². The van der Waals surface area contributed by atoms with Crippen molar-refractivity contribution in [3.8, 4) is 0 Å². The Morgan fingerprint density at radius 1 is 1.19 bits per heavy atom. The normalized spacial score (nSPS) is 14.4. The van der Waals surface area contributed by atoms with Gasteiger partial charge in [-0.2, -0.15) is 0 Å². The van der Waals surface area contributed by atoms with E-state index in [1.54, 1.807) is 6.92 Å². The molecule has 0 bridgehead atoms. The Labute approximate surface area is 92.1 Å². The van der Waals surface area contributed by atoms with Crippen molar-refractivity contribution in [2.75, 3.05) is 0 Å². The number of hydrogen-bond donors (Lipinski definition) is 4. The lowest BCUT2D eigenvalue weighted by atomic mass is 10.00. The molecule has 1 atom stereocenters. The summed E-state index contributed by atoms with van der Waals surface area (Å²) in [6.45, 7) is 1.58. The van der Waals surface area contributed by atoms with E-state index < -0.39 is 23.6 Å². The maximum atomic E-state index is 10.2. The second-order valence-corrected chi connectivity index (χ2v) is 3.43. The summed E-state index contributed by atoms with van der Waals surface area (Å²) < 4.78 is 0. The first-order chi connectivity index (χ1) is 7.23. The summed E-state index contributed by atoms with van der Waals surface area (Å²) in [5, 5.41) is 35.3. The molecule has 0 rings (SSSR count). The number of carbonyl (C=O) groups is 2. The number of carboxylic acid groups (broad SMARTS) is 2. The Morgan fingerprint density at radius 2 is 1.69 bits per heavy atom. The van der Waals surface area contributed by atoms with Gasteiger partial charge in [-0.25, -0.2) is 9.59 Å². The molecule has 0 heterocycles. The van der Waals surface area contributed by atoms with Crippen molar-refractivity contribution >= 4 is 11.9 Å². The van der Waals surface area contributed by atoms with Crippen LogP contribution in [-0.4, -0.2) is 38.2 Å². The molecule has 0 aromatic rings. The summed E-state index contributed by atoms with van der Waals surface area (Å²) in [6, 6.07) is 0. The van der Waals surface area contributed by atoms with Gasteiger partial charge in [0.1, 0.15) is 0 Å². The molecule has 0 spiro atoms. The number of allylic oxidation sites excluding steroid dienone is 1. The van der Waals surface area contributed by atoms with Crippen LogP contribution in [0.3, 0.4) is 0 Å². The van der Waals surface area contributed by atoms with E-state index in [0.29, 0.717) is 6.08 Å². The predicted molar refractivity (Wildman–Crippen MR) is 54.5 cm³/mol. The van der Waals surface area contributed by atoms with Crippen molar-refractivity contribution in [3.63, 3.8) is 0 Å². The van der Waals surface area contributed by atoms with E-state index in [0.717, 1.165) is 12.2 Å². The zero-order valence-electron chi connectivity index (χ0n) is 8.70. The third-order valence-electron chi connectivity index (χ3n) is 1.68. The molecule has 0 amide bonds. The van der Waals surface area contributed by atoms with Gasteiger partial charge in [0.05, 0.1) is 0 Å². The summed E-state index contributed by atoms with van der Waals surface area (Å²) in [6.07, 6.45) is 3.34. The van der Waals surface area contributed by atoms with Crippen LogP contribution in [0.5, 0.6) is 0 Å². The summed E-state index contributed by atoms with van der Waals surface area (Å²) in [7, 11) is 0. The molecule has 0 aromatic carbocycles. The zero-order valence-corrected chi connectivity index (χ0v) is 8.70. The number of hydrogen-bond acceptors (Lipinski definition) is 4. The topological polar surface area (TPSA) is 115 Å². The fraction of sp³-hybridized carbons (Fsp3) is 0.400. The van der Waals surface area contributed by atoms with E-state index >= 15 is 0 Å². The van der Waals surface area contributed by atoms with Gasteiger partial charge in [-0.15, -0.1) is 0 Å². The maximum Gasteiger partial charge on any atom is 0.328 e. The average Bonchev–Trinajstić information content (AvgIpc) is 2.11. The average molecular weight is 230 g/mol. The van der Waals surface area contributed by atoms with Gasteiger partial charge in [-0.3, -0.25) is 0 Å². The van der Waals surface area contributed by atoms with Crippen LogP contribution in [0.4, 0.5) is 0 Å². The fourth-order valence-electron chi connectivity index (χ4n) is 1.06. The van der Waals surface area contributed by atoms with Crippen LogP contribution in [0.1, 0.15) is 13.3 Å². The van der Waals surface area contributed by atoms with Crippen molar-refractivity contribution in [1.29, 1.82) is 0 Å². The molecule has 6 heteroatoms. The Hall–Kier alpha value is -1.66. The zero-order chi connectivity index (χ0) is 12.8. The van der Waals surface area contributed by atoms with E-state index in [9.17, 15) is 19.8 Å². The Morgan fingerprint density at radius 3 is 2.12 bits per heavy atom. The van der Waals surface area contributed by atoms with Crippen molar-refractivity contribution in [2.24, 2.45) is 5.92 Å². The highest BCUT2D eigenvalue weighted by molar-refractivity contribution is 5.80. The lowest BCUT2D eigenvalue weighted by molar-refractivity contribution is -0.136. The van der Waals surface area contributed by atoms with Crippen LogP contribution < -0.4 is 0 Å². The van der Waals surface area contributed by atoms with Gasteiger partial charge < -0.3 is 20.4 Å². The van der Waals surface area contributed by atoms with Crippen LogP contribution in [-0.2, 0) is 9.59 Å². The number of aliphatic carboxylic acids is 2. The van der Waals surface area contributed by atoms with E-state index in [-0.39, 0.29) is 6.42 Å². The molecule has 0 saturated carbocycles. The lowest BCUT2D eigenvalue weighted by Gasteiger charge is -2.19. The number of rotatable bonds is 6. The van der Waals surface area contributed by atoms with Crippen LogP contribution in [0, 0.1) is 5.92 Å². The minimum Gasteiger partial charge on any atom is -0.478 e. The first-order valence-electron chi connectivity index (χ1n) is 4.51. The summed E-state index contributed by atoms with van der Waals surface area (Å²) in [4.78, 5) is 20.3. The SMILES string of the molecule is CC(C=CC(=O)O)CC(O)(O)C=CC(=O)O. The van der Waals surface area contributed by atoms with Gasteiger partial charge in [-0.05, 0) is 12.0 Å². The molecule has 0 aliphatic carbocycles. The summed E-state index contributed by atoms with van der Waals surface area (Å²) >= 11 is 0. The first-order valence-corrected chi connectivity index (χ1v) is 4.51. The van der Waals surface area contributed by atoms with E-state index in [1.165, 1.54) is 6.08 Å². The van der Waals surface area contributed by atoms with Gasteiger partial charge in [-0.1, -0.05) is 13.0 Å². The second kappa shape index (κ2) is 6.04. The van der Waals surface area contributed by atoms with Crippen LogP contribution in [0.15, 0.2) is 24.3 Å². The van der Waals surface area contributed by atoms with Gasteiger partial charge in [0.25, 0.3) is 0 Å². The monoisotopic (exact) mass is 230 g/mol. The Balaban J connectivity index is 4.35. The molecule has 16 heavy (non-hydrogen) atoms. The molecular formula is C10H14O6. The summed E-state index contributed by atoms with van der Waals surface area (Å²) in [5.41, 5.74) is 0. The van der Waals surface area contributed by atoms with Crippen LogP contribution >= 0.6 is 0 Å². The molecule has 1 unspecified atom stereocenters. The second-order valence-electron chi connectivity index (χ2n) is 3.43. The highest BCUT2D eigenvalue weighted by atomic mass is 16.5. The number of aliphatic hydroxyl groups is 2. The molecule has 0 aromatic heterocycles. The highest BCUT2D eigenvalue weighted by Gasteiger charge is 2.21. The summed E-state index contributed by atoms with van der Waals surface area (Å²) in [5.74, 6) is -5.10. The van der Waals surface area contributed by atoms with Gasteiger partial charge in [0.15, 0.2) is 5.79 Å². The maximum absolute atomic E-state index is 10.2. The van der Waals surface area contributed by atoms with Crippen molar-refractivity contribution in [2.45, 2.75) is 19.1 Å². The minimum atomic E-state index is -2.26. The molecule has 90 valence electrons. The molecule has 0 saturated heterocycles. The fourth-order valence-corrected chi connectivity index (χ4v) is 1.06.